The zero-order chi connectivity index (χ0) is 71.7. The Morgan fingerprint density at radius 3 is 1.09 bits per heavy atom. The van der Waals surface area contributed by atoms with Crippen molar-refractivity contribution in [1.82, 2.24) is 0 Å². The summed E-state index contributed by atoms with van der Waals surface area (Å²) in [6.45, 7) is 28.4. The number of carboxylic acids is 1. The molecule has 0 saturated carbocycles. The van der Waals surface area contributed by atoms with Gasteiger partial charge in [0.05, 0.1) is 39.6 Å². The molecule has 0 atom stereocenters. The van der Waals surface area contributed by atoms with Crippen molar-refractivity contribution in [1.29, 1.82) is 0 Å². The molecule has 3 aromatic rings. The summed E-state index contributed by atoms with van der Waals surface area (Å²) in [5.41, 5.74) is 0.913. The van der Waals surface area contributed by atoms with Crippen molar-refractivity contribution in [3.63, 3.8) is 0 Å². The summed E-state index contributed by atoms with van der Waals surface area (Å²) in [5, 5.41) is 60.5. The minimum atomic E-state index is -3.03. The van der Waals surface area contributed by atoms with Gasteiger partial charge in [-0.3, -0.25) is 9.59 Å². The molecule has 0 bridgehead atoms. The van der Waals surface area contributed by atoms with Gasteiger partial charge in [-0.2, -0.15) is 0 Å². The first kappa shape index (κ1) is 127. The van der Waals surface area contributed by atoms with Gasteiger partial charge in [-0.25, -0.2) is 19.2 Å². The van der Waals surface area contributed by atoms with E-state index in [0.717, 1.165) is 29.3 Å². The van der Waals surface area contributed by atoms with Crippen LogP contribution in [0.2, 0.25) is 0 Å². The molecule has 5 N–H and O–H groups in total. The maximum atomic E-state index is 10.9. The summed E-state index contributed by atoms with van der Waals surface area (Å²) >= 11 is 4.10. The fraction of sp³-hybridized carbons (Fsp3) is 0.470. The van der Waals surface area contributed by atoms with Crippen LogP contribution in [0.25, 0.3) is 0 Å². The van der Waals surface area contributed by atoms with Gasteiger partial charge in [-0.15, -0.1) is 5.60 Å². The monoisotopic (exact) mass is 1520 g/mol. The van der Waals surface area contributed by atoms with Crippen LogP contribution < -0.4 is 199 Å². The van der Waals surface area contributed by atoms with Gasteiger partial charge in [-0.1, -0.05) is 70.2 Å². The van der Waals surface area contributed by atoms with Crippen LogP contribution in [0.3, 0.4) is 0 Å². The minimum absolute atomic E-state index is 0. The van der Waals surface area contributed by atoms with Crippen molar-refractivity contribution in [2.75, 3.05) is 94.2 Å². The fourth-order valence-corrected chi connectivity index (χ4v) is 10.6. The average molecular weight is 1520 g/mol. The molecule has 0 amide bonds. The standard InChI is InChI=1S/C19H18BrOP.C9H14O2.C8H14O3.C5H10O3.C5H10O2.C5H8O2.C4H9O.C4H8O.C3H8O2.C2H4O.CH2O3.CH4O.Al.3K.Li.5H/c20-22(16-21,17-10-4-1-5-11-17,18-12-6-2-7-13-18)19-14-8-3-9-15-19;1-4-6-7-11-9(10)8(3)5-2;1-4-7(2)8(9)11-6-5-10-3;1-3-8-5(6)4-7-2;1-3-5(6)7-4-2;1-3-4(2)5(6)7;1-4(2,3)5;1-2-3-4-5;1-5-3-2-4;1-2-3;2-1-4-3;1-2;;;;;;;;;;/h1-15,21H,16H2;4-6H,7H2,1-3H3;4H,5-6H2,1-3H3;3-4H2,1-2H3;3-4H2,1-2H3;3H,1-2H3,(H,6,7);1-3H3;2-3,5H,4H2,1H3;4H,2-3H2,1H3;2H,1H3;1,3H;2H,1H3;;;;;;;;;;/q;;;;;;-1;;;;;;;4*+1;;;;2*-1/p-1/b;6-4+,8-5+;7-4+;;;4-3+;;3-2+;;;;;;;;;;;;;;. The summed E-state index contributed by atoms with van der Waals surface area (Å²) in [6, 6.07) is 30.8. The molecule has 29 heteroatoms. The van der Waals surface area contributed by atoms with E-state index in [1.807, 2.05) is 81.4 Å². The van der Waals surface area contributed by atoms with Gasteiger partial charge in [0.2, 0.25) is 0 Å². The Hall–Kier alpha value is -0.561. The van der Waals surface area contributed by atoms with E-state index in [2.05, 4.69) is 75.7 Å². The topological polar surface area (TPSA) is 341 Å². The van der Waals surface area contributed by atoms with Gasteiger partial charge in [-0.05, 0) is 76.2 Å². The molecule has 0 aliphatic rings. The van der Waals surface area contributed by atoms with Crippen molar-refractivity contribution in [2.24, 2.45) is 0 Å². The molecule has 95 heavy (non-hydrogen) atoms. The number of carbonyl (C=O) groups is 7. The SMILES string of the molecule is C/C=C(\C)C(=O)O.C/C=C(\C)C(=O)OCCOC.C/C=C/CO.C/C=C/COC(=O)/C(C)=C/C.CC(C)(C)[O-].CC=O.CCOC(=O)CC.CCOC(=O)COC.CO.COCCO.O=CO[O-].OCP(Br)(c1ccccc1)(c1ccccc1)c1ccccc1.[AlH3].[H-].[H-].[K+].[K+].[K+].[Li+]. The molecule has 0 aliphatic heterocycles. The second kappa shape index (κ2) is 95.5. The van der Waals surface area contributed by atoms with Gasteiger partial charge >= 0.3 is 342 Å². The first-order valence-electron chi connectivity index (χ1n) is 28.1. The zero-order valence-corrected chi connectivity index (χ0v) is 72.5. The third-order valence-electron chi connectivity index (χ3n) is 9.33. The molecular formula is C66H113AlBrK3LiO22P. The average Bonchev–Trinajstić information content (AvgIpc) is 0.730. The number of esters is 4. The summed E-state index contributed by atoms with van der Waals surface area (Å²) < 4.78 is 32.3. The number of aldehydes is 1. The molecule has 0 spiro atoms. The van der Waals surface area contributed by atoms with E-state index in [-0.39, 0.29) is 250 Å². The Kier molecular flexibility index (Phi) is 128. The second-order valence-electron chi connectivity index (χ2n) is 17.3. The predicted molar refractivity (Wildman–Crippen MR) is 371 cm³/mol. The fourth-order valence-electron chi connectivity index (χ4n) is 4.71. The quantitative estimate of drug-likeness (QED) is 0.00636. The summed E-state index contributed by atoms with van der Waals surface area (Å²) in [4.78, 5) is 72.2. The molecule has 0 radical (unpaired) electrons. The normalized spacial score (nSPS) is 10.0. The van der Waals surface area contributed by atoms with Crippen LogP contribution in [0.4, 0.5) is 0 Å². The number of carbonyl (C=O) groups excluding carboxylic acids is 6. The largest absolute Gasteiger partial charge is 1.00 e. The van der Waals surface area contributed by atoms with E-state index in [0.29, 0.717) is 62.8 Å². The number of aliphatic carboxylic acids is 1. The number of methoxy groups -OCH3 is 3. The van der Waals surface area contributed by atoms with E-state index in [4.69, 9.17) is 49.5 Å². The van der Waals surface area contributed by atoms with Crippen molar-refractivity contribution < 1.29 is 283 Å². The number of allylic oxidation sites excluding steroid dienone is 5. The van der Waals surface area contributed by atoms with Gasteiger partial charge in [0.1, 0.15) is 26.1 Å². The molecule has 0 saturated heterocycles. The number of halogens is 1. The van der Waals surface area contributed by atoms with Crippen molar-refractivity contribution in [3.05, 3.63) is 150 Å². The first-order valence-corrected chi connectivity index (χ1v) is 32.5. The Labute approximate surface area is 729 Å². The molecule has 0 fully saturated rings. The number of benzene rings is 3. The van der Waals surface area contributed by atoms with Gasteiger partial charge in [0, 0.05) is 51.6 Å². The van der Waals surface area contributed by atoms with Crippen molar-refractivity contribution >= 4 is 96.7 Å². The van der Waals surface area contributed by atoms with Gasteiger partial charge in [0.25, 0.3) is 6.47 Å². The number of carboxylic acid groups (broad SMARTS) is 1. The third-order valence-corrected chi connectivity index (χ3v) is 18.3. The number of aliphatic hydroxyl groups excluding tert-OH is 4. The number of ether oxygens (including phenoxy) is 7. The number of hydrogen-bond acceptors (Lipinski definition) is 21. The van der Waals surface area contributed by atoms with Crippen LogP contribution in [0.1, 0.15) is 113 Å². The molecule has 0 unspecified atom stereocenters. The van der Waals surface area contributed by atoms with Crippen molar-refractivity contribution in [3.8, 4) is 0 Å². The molecule has 0 aliphatic carbocycles. The summed E-state index contributed by atoms with van der Waals surface area (Å²) in [6.07, 6.45) is 13.4. The summed E-state index contributed by atoms with van der Waals surface area (Å²) in [7, 11) is 5.57. The van der Waals surface area contributed by atoms with E-state index in [1.165, 1.54) is 14.0 Å². The van der Waals surface area contributed by atoms with Crippen LogP contribution in [-0.2, 0) is 71.6 Å². The summed E-state index contributed by atoms with van der Waals surface area (Å²) in [5.74, 6) is -1.80. The third kappa shape index (κ3) is 85.8. The smallest absolute Gasteiger partial charge is 1.00 e. The van der Waals surface area contributed by atoms with Gasteiger partial charge < -0.3 is 76.5 Å². The molecular weight excluding hydrogens is 1410 g/mol. The van der Waals surface area contributed by atoms with Crippen molar-refractivity contribution in [2.45, 2.75) is 116 Å². The van der Waals surface area contributed by atoms with E-state index in [9.17, 15) is 34.2 Å². The number of rotatable bonds is 21. The van der Waals surface area contributed by atoms with Crippen LogP contribution in [0.5, 0.6) is 0 Å². The molecule has 22 nitrogen and oxygen atoms in total. The maximum Gasteiger partial charge on any atom is 1.00 e. The Morgan fingerprint density at radius 1 is 0.579 bits per heavy atom. The Morgan fingerprint density at radius 2 is 0.905 bits per heavy atom. The molecule has 3 rings (SSSR count). The van der Waals surface area contributed by atoms with Gasteiger partial charge in [0.15, 0.2) is 17.4 Å². The van der Waals surface area contributed by atoms with E-state index >= 15 is 0 Å². The minimum Gasteiger partial charge on any atom is -1.00 e. The first-order chi connectivity index (χ1) is 42.6. The van der Waals surface area contributed by atoms with E-state index < -0.39 is 16.9 Å². The Bertz CT molecular complexity index is 2240. The van der Waals surface area contributed by atoms with Crippen LogP contribution in [-0.4, -0.2) is 185 Å². The molecule has 0 heterocycles. The van der Waals surface area contributed by atoms with Crippen LogP contribution in [0.15, 0.2) is 150 Å². The predicted octanol–water partition coefficient (Wildman–Crippen LogP) is -5.19. The number of hydrogen-bond donors (Lipinski definition) is 5. The molecule has 0 aromatic heterocycles. The van der Waals surface area contributed by atoms with Crippen LogP contribution >= 0.6 is 20.8 Å². The maximum absolute atomic E-state index is 10.9. The van der Waals surface area contributed by atoms with Crippen LogP contribution in [0, 0.1) is 0 Å². The van der Waals surface area contributed by atoms with E-state index in [1.54, 1.807) is 127 Å². The molecule has 3 aromatic carbocycles. The molecule has 528 valence electrons. The Balaban J connectivity index is -0.0000000555. The zero-order valence-electron chi connectivity index (χ0n) is 62.6. The number of aliphatic hydroxyl groups is 4. The second-order valence-corrected chi connectivity index (χ2v) is 26.1.